The first-order valence-electron chi connectivity index (χ1n) is 10.2. The van der Waals surface area contributed by atoms with Crippen molar-refractivity contribution in [1.82, 2.24) is 5.32 Å². The number of benzene rings is 1. The van der Waals surface area contributed by atoms with E-state index >= 15 is 0 Å². The van der Waals surface area contributed by atoms with E-state index in [1.165, 1.54) is 39.8 Å². The molecule has 0 spiro atoms. The summed E-state index contributed by atoms with van der Waals surface area (Å²) in [5.41, 5.74) is -2.35. The van der Waals surface area contributed by atoms with Crippen LogP contribution in [0.1, 0.15) is 57.4 Å². The summed E-state index contributed by atoms with van der Waals surface area (Å²) in [5, 5.41) is 34.5. The number of aryl methyl sites for hydroxylation is 1. The molecule has 2 aliphatic heterocycles. The molecule has 9 nitrogen and oxygen atoms in total. The van der Waals surface area contributed by atoms with Gasteiger partial charge in [0.25, 0.3) is 0 Å². The largest absolute Gasteiger partial charge is 0.507 e. The molecule has 32 heavy (non-hydrogen) atoms. The highest BCUT2D eigenvalue weighted by atomic mass is 16.5. The van der Waals surface area contributed by atoms with Crippen LogP contribution in [-0.2, 0) is 9.53 Å². The van der Waals surface area contributed by atoms with E-state index in [4.69, 9.17) is 4.74 Å². The summed E-state index contributed by atoms with van der Waals surface area (Å²) in [6.45, 7) is 5.54. The van der Waals surface area contributed by atoms with Gasteiger partial charge in [0, 0.05) is 11.5 Å². The Hall–Kier alpha value is -3.30. The van der Waals surface area contributed by atoms with Crippen molar-refractivity contribution in [3.63, 3.8) is 0 Å². The molecule has 1 aliphatic carbocycles. The topological polar surface area (TPSA) is 150 Å². The Bertz CT molecular complexity index is 1180. The lowest BCUT2D eigenvalue weighted by atomic mass is 9.82. The number of aromatic hydroxyl groups is 1. The molecule has 9 heteroatoms. The van der Waals surface area contributed by atoms with Gasteiger partial charge in [-0.25, -0.2) is 0 Å². The van der Waals surface area contributed by atoms with Crippen LogP contribution in [0.4, 0.5) is 0 Å². The number of ketones is 4. The molecule has 3 aliphatic rings. The van der Waals surface area contributed by atoms with Gasteiger partial charge in [-0.15, -0.1) is 0 Å². The lowest BCUT2D eigenvalue weighted by Crippen LogP contribution is -2.58. The number of rotatable bonds is 0. The maximum absolute atomic E-state index is 13.4. The number of allylic oxidation sites excluding steroid dienone is 3. The van der Waals surface area contributed by atoms with E-state index in [0.717, 1.165) is 0 Å². The van der Waals surface area contributed by atoms with E-state index in [2.05, 4.69) is 5.32 Å². The van der Waals surface area contributed by atoms with Gasteiger partial charge in [0.1, 0.15) is 17.6 Å². The Morgan fingerprint density at radius 1 is 1.06 bits per heavy atom. The van der Waals surface area contributed by atoms with Crippen LogP contribution in [0, 0.1) is 12.8 Å². The highest BCUT2D eigenvalue weighted by Crippen LogP contribution is 2.39. The van der Waals surface area contributed by atoms with E-state index in [9.17, 15) is 34.5 Å². The molecule has 1 aromatic rings. The summed E-state index contributed by atoms with van der Waals surface area (Å²) in [4.78, 5) is 52.9. The van der Waals surface area contributed by atoms with Gasteiger partial charge in [0.2, 0.25) is 17.3 Å². The Morgan fingerprint density at radius 3 is 2.38 bits per heavy atom. The van der Waals surface area contributed by atoms with Gasteiger partial charge in [-0.05, 0) is 38.0 Å². The summed E-state index contributed by atoms with van der Waals surface area (Å²) in [7, 11) is 0. The number of carbonyl (C=O) groups excluding carboxylic acids is 4. The van der Waals surface area contributed by atoms with Crippen molar-refractivity contribution in [3.05, 3.63) is 51.4 Å². The van der Waals surface area contributed by atoms with Crippen LogP contribution < -0.4 is 5.32 Å². The lowest BCUT2D eigenvalue weighted by molar-refractivity contribution is -0.154. The third-order valence-electron chi connectivity index (χ3n) is 6.30. The van der Waals surface area contributed by atoms with Crippen molar-refractivity contribution < 1.29 is 39.2 Å². The number of aliphatic hydroxyl groups is 2. The van der Waals surface area contributed by atoms with Crippen molar-refractivity contribution in [1.29, 1.82) is 0 Å². The molecule has 0 amide bonds. The normalized spacial score (nSPS) is 31.8. The quantitative estimate of drug-likeness (QED) is 0.457. The van der Waals surface area contributed by atoms with Crippen LogP contribution in [0.15, 0.2) is 29.2 Å². The minimum atomic E-state index is -1.87. The van der Waals surface area contributed by atoms with Gasteiger partial charge < -0.3 is 25.4 Å². The molecular formula is C23H23NO8. The van der Waals surface area contributed by atoms with Crippen LogP contribution in [0.5, 0.6) is 5.75 Å². The molecule has 2 heterocycles. The number of hydrogen-bond donors (Lipinski definition) is 4. The van der Waals surface area contributed by atoms with Gasteiger partial charge in [0.15, 0.2) is 17.1 Å². The molecule has 0 aromatic heterocycles. The van der Waals surface area contributed by atoms with Crippen molar-refractivity contribution in [3.8, 4) is 5.75 Å². The number of aliphatic hydroxyl groups excluding tert-OH is 2. The van der Waals surface area contributed by atoms with Gasteiger partial charge >= 0.3 is 0 Å². The summed E-state index contributed by atoms with van der Waals surface area (Å²) >= 11 is 0. The smallest absolute Gasteiger partial charge is 0.231 e. The zero-order valence-corrected chi connectivity index (χ0v) is 18.0. The summed E-state index contributed by atoms with van der Waals surface area (Å²) in [6, 6.07) is 1.33. The number of carbonyl (C=O) groups is 4. The predicted octanol–water partition coefficient (Wildman–Crippen LogP) is 0.739. The second-order valence-corrected chi connectivity index (χ2v) is 8.73. The molecule has 0 saturated carbocycles. The molecule has 4 N–H and O–H groups in total. The molecule has 1 aromatic carbocycles. The Balaban J connectivity index is 2.06. The molecule has 0 fully saturated rings. The second-order valence-electron chi connectivity index (χ2n) is 8.73. The van der Waals surface area contributed by atoms with Crippen molar-refractivity contribution in [2.75, 3.05) is 6.54 Å². The Morgan fingerprint density at radius 2 is 1.72 bits per heavy atom. The Labute approximate surface area is 183 Å². The van der Waals surface area contributed by atoms with E-state index in [-0.39, 0.29) is 40.1 Å². The van der Waals surface area contributed by atoms with Gasteiger partial charge in [0.05, 0.1) is 23.8 Å². The summed E-state index contributed by atoms with van der Waals surface area (Å²) in [6.07, 6.45) is -2.09. The first-order chi connectivity index (χ1) is 14.9. The molecule has 0 radical (unpaired) electrons. The van der Waals surface area contributed by atoms with Crippen LogP contribution in [-0.4, -0.2) is 62.8 Å². The number of Topliss-reactive ketones (excluding diaryl/α,β-unsaturated/α-hetero) is 4. The summed E-state index contributed by atoms with van der Waals surface area (Å²) in [5.74, 6) is -4.82. The fraction of sp³-hybridized carbons (Fsp3) is 0.391. The van der Waals surface area contributed by atoms with Gasteiger partial charge in [-0.3, -0.25) is 19.2 Å². The van der Waals surface area contributed by atoms with Crippen LogP contribution in [0.3, 0.4) is 0 Å². The Kier molecular flexibility index (Phi) is 4.87. The van der Waals surface area contributed by atoms with E-state index in [0.29, 0.717) is 0 Å². The zero-order chi connectivity index (χ0) is 23.7. The molecule has 168 valence electrons. The molecular weight excluding hydrogens is 418 g/mol. The molecule has 0 saturated heterocycles. The highest BCUT2D eigenvalue weighted by molar-refractivity contribution is 6.31. The molecule has 4 unspecified atom stereocenters. The van der Waals surface area contributed by atoms with Crippen molar-refractivity contribution >= 4 is 23.1 Å². The first-order valence-corrected chi connectivity index (χ1v) is 10.2. The molecule has 4 atom stereocenters. The maximum atomic E-state index is 13.4. The third kappa shape index (κ3) is 2.92. The average molecular weight is 441 g/mol. The minimum Gasteiger partial charge on any atom is -0.507 e. The van der Waals surface area contributed by atoms with Crippen molar-refractivity contribution in [2.24, 2.45) is 5.92 Å². The fourth-order valence-electron chi connectivity index (χ4n) is 4.34. The molecule has 4 rings (SSSR count). The van der Waals surface area contributed by atoms with Gasteiger partial charge in [-0.2, -0.15) is 0 Å². The lowest BCUT2D eigenvalue weighted by Gasteiger charge is -2.39. The second kappa shape index (κ2) is 7.11. The summed E-state index contributed by atoms with van der Waals surface area (Å²) < 4.78 is 5.70. The zero-order valence-electron chi connectivity index (χ0n) is 18.0. The van der Waals surface area contributed by atoms with E-state index < -0.39 is 58.4 Å². The third-order valence-corrected chi connectivity index (χ3v) is 6.30. The number of phenols is 1. The average Bonchev–Trinajstić information content (AvgIpc) is 2.76. The number of nitrogens with one attached hydrogen (secondary N) is 1. The SMILES string of the molecule is C/C1=C/C(C)C(O)C(O)C(=O)C2(C)CNC3=C(O2)C(=O)c2c(cc(C)c(O)c2C1=O)C3=O. The maximum Gasteiger partial charge on any atom is 0.231 e. The number of ether oxygens (including phenoxy) is 1. The standard InChI is InChI=1S/C23H23NO8/c1-8-5-9(2)17(27)20(30)22(31)23(4)7-24-14-18(28)11-6-10(3)16(26)13(15(8)25)12(11)19(29)21(14)32-23/h5-6,9,17,20,24,26-27,30H,7H2,1-4H3/b8-5-. The number of fused-ring (bicyclic) bond motifs is 1. The van der Waals surface area contributed by atoms with E-state index in [1.54, 1.807) is 0 Å². The van der Waals surface area contributed by atoms with Gasteiger partial charge in [-0.1, -0.05) is 13.0 Å². The van der Waals surface area contributed by atoms with Crippen LogP contribution in [0.2, 0.25) is 0 Å². The first kappa shape index (κ1) is 21.9. The van der Waals surface area contributed by atoms with Crippen molar-refractivity contribution in [2.45, 2.75) is 45.5 Å². The fourth-order valence-corrected chi connectivity index (χ4v) is 4.34. The van der Waals surface area contributed by atoms with Crippen LogP contribution >= 0.6 is 0 Å². The minimum absolute atomic E-state index is 0.0609. The number of hydrogen-bond acceptors (Lipinski definition) is 9. The predicted molar refractivity (Wildman–Crippen MR) is 110 cm³/mol. The van der Waals surface area contributed by atoms with Crippen LogP contribution in [0.25, 0.3) is 0 Å². The van der Waals surface area contributed by atoms with E-state index in [1.807, 2.05) is 0 Å². The number of phenolic OH excluding ortho intramolecular Hbond substituents is 1. The monoisotopic (exact) mass is 441 g/mol. The molecule has 3 bridgehead atoms. The highest BCUT2D eigenvalue weighted by Gasteiger charge is 2.50.